The van der Waals surface area contributed by atoms with Crippen molar-refractivity contribution in [2.24, 2.45) is 0 Å². The fraction of sp³-hybridized carbons (Fsp3) is 0.176. The second kappa shape index (κ2) is 8.04. The summed E-state index contributed by atoms with van der Waals surface area (Å²) < 4.78 is 0. The van der Waals surface area contributed by atoms with Gasteiger partial charge in [-0.15, -0.1) is 0 Å². The van der Waals surface area contributed by atoms with Gasteiger partial charge in [0, 0.05) is 23.3 Å². The highest BCUT2D eigenvalue weighted by atomic mass is 35.5. The van der Waals surface area contributed by atoms with Gasteiger partial charge in [-0.1, -0.05) is 23.2 Å². The molecule has 2 aromatic rings. The lowest BCUT2D eigenvalue weighted by Crippen LogP contribution is -2.31. The van der Waals surface area contributed by atoms with Gasteiger partial charge < -0.3 is 16.0 Å². The Kier molecular flexibility index (Phi) is 6.06. The summed E-state index contributed by atoms with van der Waals surface area (Å²) in [6, 6.07) is 11.5. The van der Waals surface area contributed by atoms with Crippen molar-refractivity contribution >= 4 is 52.1 Å². The van der Waals surface area contributed by atoms with E-state index in [0.717, 1.165) is 5.69 Å². The molecule has 0 radical (unpaired) electrons. The molecule has 5 nitrogen and oxygen atoms in total. The van der Waals surface area contributed by atoms with Crippen LogP contribution >= 0.6 is 23.2 Å². The van der Waals surface area contributed by atoms with Crippen molar-refractivity contribution in [3.8, 4) is 0 Å². The molecule has 0 aliphatic heterocycles. The highest BCUT2D eigenvalue weighted by Crippen LogP contribution is 2.25. The number of rotatable bonds is 5. The van der Waals surface area contributed by atoms with Crippen molar-refractivity contribution in [2.75, 3.05) is 16.0 Å². The van der Waals surface area contributed by atoms with Crippen LogP contribution < -0.4 is 16.0 Å². The lowest BCUT2D eigenvalue weighted by atomic mass is 10.2. The van der Waals surface area contributed by atoms with E-state index in [9.17, 15) is 9.59 Å². The van der Waals surface area contributed by atoms with Gasteiger partial charge in [0.1, 0.15) is 6.04 Å². The van der Waals surface area contributed by atoms with Crippen molar-refractivity contribution < 1.29 is 9.59 Å². The zero-order valence-electron chi connectivity index (χ0n) is 13.2. The Labute approximate surface area is 150 Å². The zero-order chi connectivity index (χ0) is 17.7. The summed E-state index contributed by atoms with van der Waals surface area (Å²) in [4.78, 5) is 23.2. The number of benzene rings is 2. The number of amides is 2. The quantitative estimate of drug-likeness (QED) is 0.735. The lowest BCUT2D eigenvalue weighted by molar-refractivity contribution is -0.116. The van der Waals surface area contributed by atoms with Crippen LogP contribution in [0.2, 0.25) is 10.0 Å². The zero-order valence-corrected chi connectivity index (χ0v) is 14.7. The fourth-order valence-corrected chi connectivity index (χ4v) is 2.46. The average Bonchev–Trinajstić information content (AvgIpc) is 2.51. The summed E-state index contributed by atoms with van der Waals surface area (Å²) in [7, 11) is 0. The molecule has 0 aliphatic carbocycles. The number of carbonyl (C=O) groups is 2. The Bertz CT molecular complexity index is 748. The van der Waals surface area contributed by atoms with Crippen LogP contribution in [0.25, 0.3) is 0 Å². The van der Waals surface area contributed by atoms with Crippen molar-refractivity contribution in [1.82, 2.24) is 0 Å². The third-order valence-corrected chi connectivity index (χ3v) is 3.72. The van der Waals surface area contributed by atoms with Crippen LogP contribution in [-0.2, 0) is 9.59 Å². The van der Waals surface area contributed by atoms with Gasteiger partial charge in [-0.3, -0.25) is 9.59 Å². The van der Waals surface area contributed by atoms with E-state index in [2.05, 4.69) is 16.0 Å². The van der Waals surface area contributed by atoms with Crippen molar-refractivity contribution in [3.05, 3.63) is 52.5 Å². The minimum Gasteiger partial charge on any atom is -0.374 e. The van der Waals surface area contributed by atoms with E-state index in [1.807, 2.05) is 0 Å². The molecule has 2 aromatic carbocycles. The molecule has 24 heavy (non-hydrogen) atoms. The average molecular weight is 366 g/mol. The maximum absolute atomic E-state index is 12.2. The maximum Gasteiger partial charge on any atom is 0.246 e. The molecule has 2 amide bonds. The Morgan fingerprint density at radius 2 is 1.58 bits per heavy atom. The van der Waals surface area contributed by atoms with Crippen LogP contribution in [0.4, 0.5) is 17.1 Å². The second-order valence-electron chi connectivity index (χ2n) is 5.24. The molecule has 0 heterocycles. The highest BCUT2D eigenvalue weighted by molar-refractivity contribution is 6.36. The first-order valence-corrected chi connectivity index (χ1v) is 8.01. The molecular weight excluding hydrogens is 349 g/mol. The molecule has 0 saturated carbocycles. The summed E-state index contributed by atoms with van der Waals surface area (Å²) in [6.07, 6.45) is 0. The third-order valence-electron chi connectivity index (χ3n) is 3.17. The van der Waals surface area contributed by atoms with Crippen molar-refractivity contribution in [3.63, 3.8) is 0 Å². The SMILES string of the molecule is CC(=O)Nc1ccc(N[C@H](C)C(=O)Nc2ccc(Cl)cc2Cl)cc1. The van der Waals surface area contributed by atoms with E-state index in [1.54, 1.807) is 49.4 Å². The third kappa shape index (κ3) is 5.15. The molecule has 1 atom stereocenters. The van der Waals surface area contributed by atoms with Gasteiger partial charge in [0.05, 0.1) is 10.7 Å². The topological polar surface area (TPSA) is 70.2 Å². The number of anilines is 3. The van der Waals surface area contributed by atoms with Crippen LogP contribution in [0.1, 0.15) is 13.8 Å². The predicted octanol–water partition coefficient (Wildman–Crippen LogP) is 4.39. The predicted molar refractivity (Wildman–Crippen MR) is 98.9 cm³/mol. The van der Waals surface area contributed by atoms with Gasteiger partial charge in [0.15, 0.2) is 0 Å². The van der Waals surface area contributed by atoms with Gasteiger partial charge in [-0.2, -0.15) is 0 Å². The molecule has 2 rings (SSSR count). The van der Waals surface area contributed by atoms with Gasteiger partial charge in [0.2, 0.25) is 11.8 Å². The first-order valence-electron chi connectivity index (χ1n) is 7.25. The van der Waals surface area contributed by atoms with E-state index in [4.69, 9.17) is 23.2 Å². The minimum absolute atomic E-state index is 0.136. The summed E-state index contributed by atoms with van der Waals surface area (Å²) in [5.74, 6) is -0.367. The Balaban J connectivity index is 1.97. The van der Waals surface area contributed by atoms with E-state index in [1.165, 1.54) is 6.92 Å². The molecule has 7 heteroatoms. The van der Waals surface area contributed by atoms with E-state index >= 15 is 0 Å². The second-order valence-corrected chi connectivity index (χ2v) is 6.08. The standard InChI is InChI=1S/C17H17Cl2N3O2/c1-10(17(24)22-16-8-3-12(18)9-15(16)19)20-13-4-6-14(7-5-13)21-11(2)23/h3-10,20H,1-2H3,(H,21,23)(H,22,24)/t10-/m1/s1. The largest absolute Gasteiger partial charge is 0.374 e. The number of hydrogen-bond donors (Lipinski definition) is 3. The first-order chi connectivity index (χ1) is 11.3. The minimum atomic E-state index is -0.483. The van der Waals surface area contributed by atoms with Gasteiger partial charge in [0.25, 0.3) is 0 Å². The molecule has 126 valence electrons. The van der Waals surface area contributed by atoms with E-state index in [0.29, 0.717) is 21.4 Å². The van der Waals surface area contributed by atoms with Gasteiger partial charge in [-0.25, -0.2) is 0 Å². The molecule has 0 spiro atoms. The lowest BCUT2D eigenvalue weighted by Gasteiger charge is -2.16. The number of nitrogens with one attached hydrogen (secondary N) is 3. The number of carbonyl (C=O) groups excluding carboxylic acids is 2. The Morgan fingerprint density at radius 1 is 0.958 bits per heavy atom. The van der Waals surface area contributed by atoms with Crippen LogP contribution in [0.15, 0.2) is 42.5 Å². The summed E-state index contributed by atoms with van der Waals surface area (Å²) in [6.45, 7) is 3.18. The van der Waals surface area contributed by atoms with Crippen molar-refractivity contribution in [2.45, 2.75) is 19.9 Å². The number of halogens is 2. The van der Waals surface area contributed by atoms with Crippen LogP contribution in [-0.4, -0.2) is 17.9 Å². The summed E-state index contributed by atoms with van der Waals surface area (Å²) in [5, 5.41) is 9.39. The molecule has 0 aromatic heterocycles. The van der Waals surface area contributed by atoms with Crippen molar-refractivity contribution in [1.29, 1.82) is 0 Å². The normalized spacial score (nSPS) is 11.5. The molecular formula is C17H17Cl2N3O2. The van der Waals surface area contributed by atoms with E-state index < -0.39 is 6.04 Å². The molecule has 0 bridgehead atoms. The summed E-state index contributed by atoms with van der Waals surface area (Å²) >= 11 is 11.9. The van der Waals surface area contributed by atoms with Gasteiger partial charge in [-0.05, 0) is 49.4 Å². The molecule has 0 saturated heterocycles. The van der Waals surface area contributed by atoms with E-state index in [-0.39, 0.29) is 11.8 Å². The Morgan fingerprint density at radius 3 is 2.17 bits per heavy atom. The monoisotopic (exact) mass is 365 g/mol. The summed E-state index contributed by atoms with van der Waals surface area (Å²) in [5.41, 5.74) is 1.95. The smallest absolute Gasteiger partial charge is 0.246 e. The fourth-order valence-electron chi connectivity index (χ4n) is 2.00. The Hall–Kier alpha value is -2.24. The maximum atomic E-state index is 12.2. The molecule has 0 unspecified atom stereocenters. The van der Waals surface area contributed by atoms with Crippen LogP contribution in [0.3, 0.4) is 0 Å². The molecule has 0 fully saturated rings. The number of hydrogen-bond acceptors (Lipinski definition) is 3. The molecule has 3 N–H and O–H groups in total. The molecule has 0 aliphatic rings. The van der Waals surface area contributed by atoms with Gasteiger partial charge >= 0.3 is 0 Å². The van der Waals surface area contributed by atoms with Crippen LogP contribution in [0.5, 0.6) is 0 Å². The first kappa shape index (κ1) is 18.1. The van der Waals surface area contributed by atoms with Crippen LogP contribution in [0, 0.1) is 0 Å². The highest BCUT2D eigenvalue weighted by Gasteiger charge is 2.14.